The smallest absolute Gasteiger partial charge is 0.229 e. The Morgan fingerprint density at radius 1 is 1.37 bits per heavy atom. The van der Waals surface area contributed by atoms with Gasteiger partial charge in [-0.2, -0.15) is 0 Å². The van der Waals surface area contributed by atoms with E-state index >= 15 is 0 Å². The molecule has 3 rings (SSSR count). The SMILES string of the molecule is CC(C)OCCCN1C(N)C(C(N)=O)CC2C(=O)N3CCCC(C)C3NC21. The lowest BCUT2D eigenvalue weighted by atomic mass is 9.79. The van der Waals surface area contributed by atoms with Crippen LogP contribution in [0.15, 0.2) is 0 Å². The second kappa shape index (κ2) is 8.43. The number of amides is 2. The minimum Gasteiger partial charge on any atom is -0.379 e. The van der Waals surface area contributed by atoms with Crippen molar-refractivity contribution in [2.45, 2.75) is 71.1 Å². The topological polar surface area (TPSA) is 114 Å². The van der Waals surface area contributed by atoms with Crippen molar-refractivity contribution in [1.29, 1.82) is 0 Å². The van der Waals surface area contributed by atoms with E-state index in [1.54, 1.807) is 0 Å². The Bertz CT molecular complexity index is 557. The Morgan fingerprint density at radius 3 is 2.78 bits per heavy atom. The van der Waals surface area contributed by atoms with Crippen molar-refractivity contribution in [3.63, 3.8) is 0 Å². The monoisotopic (exact) mass is 381 g/mol. The number of fused-ring (bicyclic) bond motifs is 2. The zero-order valence-electron chi connectivity index (χ0n) is 16.8. The third-order valence-corrected chi connectivity index (χ3v) is 6.29. The maximum absolute atomic E-state index is 13.2. The minimum atomic E-state index is -0.512. The van der Waals surface area contributed by atoms with Crippen LogP contribution in [0.1, 0.15) is 46.5 Å². The van der Waals surface area contributed by atoms with Crippen LogP contribution in [0, 0.1) is 17.8 Å². The lowest BCUT2D eigenvalue weighted by Gasteiger charge is -2.56. The van der Waals surface area contributed by atoms with Crippen molar-refractivity contribution in [3.8, 4) is 0 Å². The first kappa shape index (κ1) is 20.5. The molecule has 6 unspecified atom stereocenters. The Hall–Kier alpha value is -1.22. The molecule has 3 aliphatic rings. The molecule has 8 nitrogen and oxygen atoms in total. The number of likely N-dealkylation sites (tertiary alicyclic amines) is 1. The number of piperidine rings is 2. The summed E-state index contributed by atoms with van der Waals surface area (Å²) in [5, 5.41) is 3.69. The minimum absolute atomic E-state index is 0.0410. The zero-order chi connectivity index (χ0) is 19.7. The van der Waals surface area contributed by atoms with Crippen molar-refractivity contribution in [3.05, 3.63) is 0 Å². The summed E-state index contributed by atoms with van der Waals surface area (Å²) in [6, 6.07) is 0. The van der Waals surface area contributed by atoms with E-state index in [9.17, 15) is 9.59 Å². The Labute approximate surface area is 161 Å². The number of hydrogen-bond donors (Lipinski definition) is 3. The van der Waals surface area contributed by atoms with Crippen molar-refractivity contribution < 1.29 is 14.3 Å². The van der Waals surface area contributed by atoms with Gasteiger partial charge in [-0.3, -0.25) is 19.8 Å². The molecule has 8 heteroatoms. The van der Waals surface area contributed by atoms with Crippen LogP contribution in [0.2, 0.25) is 0 Å². The number of nitrogens with two attached hydrogens (primary N) is 2. The van der Waals surface area contributed by atoms with Crippen molar-refractivity contribution in [1.82, 2.24) is 15.1 Å². The number of ether oxygens (including phenoxy) is 1. The summed E-state index contributed by atoms with van der Waals surface area (Å²) in [6.45, 7) is 8.27. The van der Waals surface area contributed by atoms with E-state index in [0.717, 1.165) is 25.8 Å². The van der Waals surface area contributed by atoms with Gasteiger partial charge in [0, 0.05) is 19.7 Å². The van der Waals surface area contributed by atoms with E-state index in [4.69, 9.17) is 16.2 Å². The highest BCUT2D eigenvalue weighted by Crippen LogP contribution is 2.37. The van der Waals surface area contributed by atoms with Gasteiger partial charge in [0.1, 0.15) is 0 Å². The fourth-order valence-electron chi connectivity index (χ4n) is 4.85. The van der Waals surface area contributed by atoms with Gasteiger partial charge in [0.15, 0.2) is 0 Å². The largest absolute Gasteiger partial charge is 0.379 e. The normalized spacial score (nSPS) is 37.2. The molecule has 0 aromatic rings. The molecular formula is C19H35N5O3. The molecule has 5 N–H and O–H groups in total. The lowest BCUT2D eigenvalue weighted by Crippen LogP contribution is -2.75. The first-order valence-corrected chi connectivity index (χ1v) is 10.3. The van der Waals surface area contributed by atoms with Crippen LogP contribution in [-0.2, 0) is 14.3 Å². The number of carbonyl (C=O) groups excluding carboxylic acids is 2. The first-order valence-electron chi connectivity index (χ1n) is 10.3. The van der Waals surface area contributed by atoms with Crippen molar-refractivity contribution in [2.24, 2.45) is 29.2 Å². The standard InChI is InChI=1S/C19H35N5O3/c1-11(2)27-9-5-8-23-15(20)13(16(21)25)10-14-18(23)22-17-12(3)6-4-7-24(17)19(14)26/h11-15,17-18,22H,4-10,20H2,1-3H3,(H2,21,25). The molecular weight excluding hydrogens is 346 g/mol. The number of primary amides is 1. The number of nitrogens with one attached hydrogen (secondary N) is 1. The summed E-state index contributed by atoms with van der Waals surface area (Å²) in [5.74, 6) is -0.681. The number of hydrogen-bond acceptors (Lipinski definition) is 6. The molecule has 0 saturated carbocycles. The van der Waals surface area contributed by atoms with Crippen molar-refractivity contribution >= 4 is 11.8 Å². The van der Waals surface area contributed by atoms with Gasteiger partial charge >= 0.3 is 0 Å². The molecule has 0 spiro atoms. The van der Waals surface area contributed by atoms with Gasteiger partial charge in [0.25, 0.3) is 0 Å². The van der Waals surface area contributed by atoms with Crippen LogP contribution in [0.25, 0.3) is 0 Å². The second-order valence-corrected chi connectivity index (χ2v) is 8.56. The highest BCUT2D eigenvalue weighted by atomic mass is 16.5. The quantitative estimate of drug-likeness (QED) is 0.559. The predicted octanol–water partition coefficient (Wildman–Crippen LogP) is 0.0236. The molecule has 2 amide bonds. The first-order chi connectivity index (χ1) is 12.8. The van der Waals surface area contributed by atoms with Crippen LogP contribution >= 0.6 is 0 Å². The molecule has 0 aromatic heterocycles. The molecule has 0 aliphatic carbocycles. The number of carbonyl (C=O) groups is 2. The summed E-state index contributed by atoms with van der Waals surface area (Å²) in [7, 11) is 0. The lowest BCUT2D eigenvalue weighted by molar-refractivity contribution is -0.165. The van der Waals surface area contributed by atoms with Gasteiger partial charge in [0.05, 0.1) is 36.4 Å². The van der Waals surface area contributed by atoms with Gasteiger partial charge in [-0.25, -0.2) is 0 Å². The second-order valence-electron chi connectivity index (χ2n) is 8.56. The summed E-state index contributed by atoms with van der Waals surface area (Å²) >= 11 is 0. The zero-order valence-corrected chi connectivity index (χ0v) is 16.8. The highest BCUT2D eigenvalue weighted by molar-refractivity contribution is 5.83. The molecule has 0 radical (unpaired) electrons. The van der Waals surface area contributed by atoms with Crippen LogP contribution in [0.4, 0.5) is 0 Å². The number of rotatable bonds is 6. The van der Waals surface area contributed by atoms with E-state index in [1.807, 2.05) is 18.7 Å². The van der Waals surface area contributed by atoms with Crippen LogP contribution in [-0.4, -0.2) is 65.9 Å². The van der Waals surface area contributed by atoms with Gasteiger partial charge in [-0.1, -0.05) is 6.92 Å². The fourth-order valence-corrected chi connectivity index (χ4v) is 4.85. The Morgan fingerprint density at radius 2 is 2.11 bits per heavy atom. The third kappa shape index (κ3) is 4.13. The van der Waals surface area contributed by atoms with Crippen LogP contribution < -0.4 is 16.8 Å². The highest BCUT2D eigenvalue weighted by Gasteiger charge is 2.52. The molecule has 3 fully saturated rings. The Kier molecular flexibility index (Phi) is 6.40. The number of nitrogens with zero attached hydrogens (tertiary/aromatic N) is 2. The van der Waals surface area contributed by atoms with E-state index in [-0.39, 0.29) is 30.3 Å². The average molecular weight is 382 g/mol. The molecule has 27 heavy (non-hydrogen) atoms. The van der Waals surface area contributed by atoms with E-state index in [1.165, 1.54) is 0 Å². The maximum atomic E-state index is 13.2. The molecule has 3 aliphatic heterocycles. The molecule has 154 valence electrons. The van der Waals surface area contributed by atoms with Crippen LogP contribution in [0.3, 0.4) is 0 Å². The summed E-state index contributed by atoms with van der Waals surface area (Å²) in [4.78, 5) is 29.2. The van der Waals surface area contributed by atoms with Crippen molar-refractivity contribution in [2.75, 3.05) is 19.7 Å². The molecule has 3 heterocycles. The van der Waals surface area contributed by atoms with Crippen LogP contribution in [0.5, 0.6) is 0 Å². The maximum Gasteiger partial charge on any atom is 0.229 e. The summed E-state index contributed by atoms with van der Waals surface area (Å²) in [6.07, 6.45) is 2.94. The fraction of sp³-hybridized carbons (Fsp3) is 0.895. The van der Waals surface area contributed by atoms with Gasteiger partial charge in [0.2, 0.25) is 11.8 Å². The summed E-state index contributed by atoms with van der Waals surface area (Å²) < 4.78 is 5.65. The van der Waals surface area contributed by atoms with Gasteiger partial charge in [-0.05, 0) is 45.4 Å². The van der Waals surface area contributed by atoms with Gasteiger partial charge in [-0.15, -0.1) is 0 Å². The van der Waals surface area contributed by atoms with Gasteiger partial charge < -0.3 is 21.1 Å². The molecule has 0 aromatic carbocycles. The molecule has 3 saturated heterocycles. The predicted molar refractivity (Wildman–Crippen MR) is 102 cm³/mol. The third-order valence-electron chi connectivity index (χ3n) is 6.29. The molecule has 0 bridgehead atoms. The van der Waals surface area contributed by atoms with E-state index in [0.29, 0.717) is 25.5 Å². The molecule has 6 atom stereocenters. The summed E-state index contributed by atoms with van der Waals surface area (Å²) in [5.41, 5.74) is 12.1. The average Bonchev–Trinajstić information content (AvgIpc) is 2.60. The van der Waals surface area contributed by atoms with E-state index in [2.05, 4.69) is 17.1 Å². The Balaban J connectivity index is 1.78. The van der Waals surface area contributed by atoms with E-state index < -0.39 is 18.0 Å².